The molecular weight excluding hydrogens is 240 g/mol. The Balaban J connectivity index is 2.70. The van der Waals surface area contributed by atoms with Crippen LogP contribution in [-0.4, -0.2) is 17.9 Å². The van der Waals surface area contributed by atoms with Crippen LogP contribution < -0.4 is 10.6 Å². The molecule has 0 aliphatic rings. The van der Waals surface area contributed by atoms with Gasteiger partial charge in [-0.1, -0.05) is 31.5 Å². The smallest absolute Gasteiger partial charge is 0.246 e. The van der Waals surface area contributed by atoms with Gasteiger partial charge in [0.1, 0.15) is 6.04 Å². The Labute approximate surface area is 114 Å². The largest absolute Gasteiger partial charge is 0.345 e. The van der Waals surface area contributed by atoms with Crippen LogP contribution in [0.15, 0.2) is 24.3 Å². The number of amides is 2. The summed E-state index contributed by atoms with van der Waals surface area (Å²) in [5.41, 5.74) is 1.88. The van der Waals surface area contributed by atoms with Gasteiger partial charge in [-0.25, -0.2) is 0 Å². The van der Waals surface area contributed by atoms with E-state index < -0.39 is 6.04 Å². The fraction of sp³-hybridized carbons (Fsp3) is 0.467. The predicted octanol–water partition coefficient (Wildman–Crippen LogP) is 2.48. The van der Waals surface area contributed by atoms with E-state index in [-0.39, 0.29) is 11.8 Å². The van der Waals surface area contributed by atoms with Gasteiger partial charge in [-0.15, -0.1) is 0 Å². The van der Waals surface area contributed by atoms with Crippen molar-refractivity contribution >= 4 is 17.5 Å². The number of carbonyl (C=O) groups excluding carboxylic acids is 2. The quantitative estimate of drug-likeness (QED) is 0.856. The number of carbonyl (C=O) groups is 2. The van der Waals surface area contributed by atoms with Crippen molar-refractivity contribution in [2.75, 3.05) is 5.32 Å². The second-order valence-corrected chi connectivity index (χ2v) is 5.24. The minimum absolute atomic E-state index is 0.173. The first kappa shape index (κ1) is 15.2. The summed E-state index contributed by atoms with van der Waals surface area (Å²) < 4.78 is 0. The van der Waals surface area contributed by atoms with Crippen LogP contribution >= 0.6 is 0 Å². The van der Waals surface area contributed by atoms with Crippen molar-refractivity contribution in [2.45, 2.75) is 40.2 Å². The van der Waals surface area contributed by atoms with E-state index in [1.165, 1.54) is 6.92 Å². The Morgan fingerprint density at radius 2 is 1.74 bits per heavy atom. The summed E-state index contributed by atoms with van der Waals surface area (Å²) in [6, 6.07) is 7.09. The summed E-state index contributed by atoms with van der Waals surface area (Å²) in [7, 11) is 0. The number of benzene rings is 1. The van der Waals surface area contributed by atoms with Crippen molar-refractivity contribution in [1.29, 1.82) is 0 Å². The van der Waals surface area contributed by atoms with E-state index >= 15 is 0 Å². The molecule has 2 amide bonds. The molecular formula is C15H22N2O2. The van der Waals surface area contributed by atoms with Crippen LogP contribution in [-0.2, 0) is 9.59 Å². The minimum atomic E-state index is -0.487. The van der Waals surface area contributed by atoms with Gasteiger partial charge in [-0.3, -0.25) is 9.59 Å². The molecule has 0 unspecified atom stereocenters. The molecule has 0 heterocycles. The first-order valence-corrected chi connectivity index (χ1v) is 6.53. The molecule has 1 rings (SSSR count). The highest BCUT2D eigenvalue weighted by molar-refractivity contribution is 5.96. The summed E-state index contributed by atoms with van der Waals surface area (Å²) in [4.78, 5) is 23.3. The van der Waals surface area contributed by atoms with Gasteiger partial charge >= 0.3 is 0 Å². The molecule has 1 aromatic carbocycles. The standard InChI is InChI=1S/C15H22N2O2/c1-10(2)9-14(16-12(4)18)15(19)17-13-7-5-11(3)6-8-13/h5-8,10,14H,9H2,1-4H3,(H,16,18)(H,17,19)/t14-/m1/s1. The van der Waals surface area contributed by atoms with Crippen molar-refractivity contribution in [2.24, 2.45) is 5.92 Å². The number of anilines is 1. The molecule has 0 saturated carbocycles. The average Bonchev–Trinajstić information content (AvgIpc) is 2.30. The van der Waals surface area contributed by atoms with Crippen LogP contribution in [0.25, 0.3) is 0 Å². The highest BCUT2D eigenvalue weighted by Crippen LogP contribution is 2.11. The molecule has 0 radical (unpaired) electrons. The van der Waals surface area contributed by atoms with Crippen LogP contribution in [0, 0.1) is 12.8 Å². The molecule has 0 bridgehead atoms. The van der Waals surface area contributed by atoms with Crippen LogP contribution in [0.4, 0.5) is 5.69 Å². The third-order valence-corrected chi connectivity index (χ3v) is 2.72. The van der Waals surface area contributed by atoms with E-state index in [9.17, 15) is 9.59 Å². The van der Waals surface area contributed by atoms with Crippen molar-refractivity contribution in [3.8, 4) is 0 Å². The van der Waals surface area contributed by atoms with E-state index in [0.717, 1.165) is 11.3 Å². The first-order chi connectivity index (χ1) is 8.88. The Morgan fingerprint density at radius 1 is 1.16 bits per heavy atom. The number of hydrogen-bond donors (Lipinski definition) is 2. The highest BCUT2D eigenvalue weighted by Gasteiger charge is 2.20. The summed E-state index contributed by atoms with van der Waals surface area (Å²) in [6.45, 7) is 7.46. The molecule has 0 aliphatic heterocycles. The molecule has 4 heteroatoms. The van der Waals surface area contributed by atoms with Crippen molar-refractivity contribution in [3.63, 3.8) is 0 Å². The normalized spacial score (nSPS) is 12.1. The van der Waals surface area contributed by atoms with Gasteiger partial charge < -0.3 is 10.6 Å². The molecule has 0 spiro atoms. The van der Waals surface area contributed by atoms with Gasteiger partial charge in [0.15, 0.2) is 0 Å². The highest BCUT2D eigenvalue weighted by atomic mass is 16.2. The zero-order valence-electron chi connectivity index (χ0n) is 12.0. The fourth-order valence-corrected chi connectivity index (χ4v) is 1.81. The number of aryl methyl sites for hydroxylation is 1. The zero-order chi connectivity index (χ0) is 14.4. The second-order valence-electron chi connectivity index (χ2n) is 5.24. The average molecular weight is 262 g/mol. The number of hydrogen-bond acceptors (Lipinski definition) is 2. The Kier molecular flexibility index (Phi) is 5.55. The predicted molar refractivity (Wildman–Crippen MR) is 76.9 cm³/mol. The molecule has 0 aliphatic carbocycles. The Bertz CT molecular complexity index is 438. The topological polar surface area (TPSA) is 58.2 Å². The lowest BCUT2D eigenvalue weighted by Crippen LogP contribution is -2.43. The molecule has 0 aromatic heterocycles. The summed E-state index contributed by atoms with van der Waals surface area (Å²) in [6.07, 6.45) is 0.622. The second kappa shape index (κ2) is 6.92. The lowest BCUT2D eigenvalue weighted by Gasteiger charge is -2.19. The SMILES string of the molecule is CC(=O)N[C@H](CC(C)C)C(=O)Nc1ccc(C)cc1. The Morgan fingerprint density at radius 3 is 2.21 bits per heavy atom. The monoisotopic (exact) mass is 262 g/mol. The van der Waals surface area contributed by atoms with Crippen LogP contribution in [0.2, 0.25) is 0 Å². The van der Waals surface area contributed by atoms with E-state index in [1.807, 2.05) is 45.0 Å². The van der Waals surface area contributed by atoms with Gasteiger partial charge in [0, 0.05) is 12.6 Å². The minimum Gasteiger partial charge on any atom is -0.345 e. The Hall–Kier alpha value is -1.84. The molecule has 0 fully saturated rings. The third-order valence-electron chi connectivity index (χ3n) is 2.72. The maximum atomic E-state index is 12.1. The summed E-state index contributed by atoms with van der Waals surface area (Å²) >= 11 is 0. The van der Waals surface area contributed by atoms with Crippen LogP contribution in [0.1, 0.15) is 32.8 Å². The molecule has 104 valence electrons. The number of nitrogens with one attached hydrogen (secondary N) is 2. The van der Waals surface area contributed by atoms with E-state index in [0.29, 0.717) is 12.3 Å². The maximum Gasteiger partial charge on any atom is 0.246 e. The van der Waals surface area contributed by atoms with E-state index in [1.54, 1.807) is 0 Å². The third kappa shape index (κ3) is 5.55. The van der Waals surface area contributed by atoms with Gasteiger partial charge in [-0.05, 0) is 31.4 Å². The van der Waals surface area contributed by atoms with Gasteiger partial charge in [0.25, 0.3) is 0 Å². The van der Waals surface area contributed by atoms with Gasteiger partial charge in [-0.2, -0.15) is 0 Å². The van der Waals surface area contributed by atoms with E-state index in [2.05, 4.69) is 10.6 Å². The van der Waals surface area contributed by atoms with Crippen LogP contribution in [0.5, 0.6) is 0 Å². The maximum absolute atomic E-state index is 12.1. The molecule has 4 nitrogen and oxygen atoms in total. The first-order valence-electron chi connectivity index (χ1n) is 6.53. The molecule has 19 heavy (non-hydrogen) atoms. The fourth-order valence-electron chi connectivity index (χ4n) is 1.81. The van der Waals surface area contributed by atoms with Crippen molar-refractivity contribution in [1.82, 2.24) is 5.32 Å². The van der Waals surface area contributed by atoms with Crippen molar-refractivity contribution < 1.29 is 9.59 Å². The molecule has 1 aromatic rings. The molecule has 2 N–H and O–H groups in total. The zero-order valence-corrected chi connectivity index (χ0v) is 12.0. The molecule has 0 saturated heterocycles. The number of rotatable bonds is 5. The lowest BCUT2D eigenvalue weighted by atomic mass is 10.0. The van der Waals surface area contributed by atoms with Crippen LogP contribution in [0.3, 0.4) is 0 Å². The van der Waals surface area contributed by atoms with Crippen molar-refractivity contribution in [3.05, 3.63) is 29.8 Å². The summed E-state index contributed by atoms with van der Waals surface area (Å²) in [5, 5.41) is 5.52. The summed E-state index contributed by atoms with van der Waals surface area (Å²) in [5.74, 6) is -0.0296. The lowest BCUT2D eigenvalue weighted by molar-refractivity contribution is -0.125. The molecule has 1 atom stereocenters. The van der Waals surface area contributed by atoms with E-state index in [4.69, 9.17) is 0 Å². The van der Waals surface area contributed by atoms with Gasteiger partial charge in [0.2, 0.25) is 11.8 Å². The van der Waals surface area contributed by atoms with Gasteiger partial charge in [0.05, 0.1) is 0 Å².